The molecule has 0 aliphatic rings. The summed E-state index contributed by atoms with van der Waals surface area (Å²) in [4.78, 5) is 11.1. The Kier molecular flexibility index (Phi) is 3.88. The summed E-state index contributed by atoms with van der Waals surface area (Å²) in [5, 5.41) is 9.69. The minimum atomic E-state index is -0.895. The molecule has 15 heavy (non-hydrogen) atoms. The zero-order valence-electron chi connectivity index (χ0n) is 8.89. The number of esters is 1. The SMILES string of the molecule is COC(=O)c1ccc(C(O)C(C)OC)o1. The van der Waals surface area contributed by atoms with E-state index >= 15 is 0 Å². The van der Waals surface area contributed by atoms with E-state index in [-0.39, 0.29) is 11.5 Å². The molecule has 0 aliphatic heterocycles. The fraction of sp³-hybridized carbons (Fsp3) is 0.500. The van der Waals surface area contributed by atoms with Gasteiger partial charge in [0.25, 0.3) is 0 Å². The molecule has 1 aromatic heterocycles. The molecule has 5 heteroatoms. The minimum Gasteiger partial charge on any atom is -0.463 e. The first-order valence-corrected chi connectivity index (χ1v) is 4.49. The predicted octanol–water partition coefficient (Wildman–Crippen LogP) is 1.13. The molecule has 84 valence electrons. The number of rotatable bonds is 4. The molecule has 0 spiro atoms. The van der Waals surface area contributed by atoms with E-state index in [0.29, 0.717) is 0 Å². The maximum absolute atomic E-state index is 11.1. The van der Waals surface area contributed by atoms with E-state index < -0.39 is 18.2 Å². The van der Waals surface area contributed by atoms with Gasteiger partial charge in [-0.1, -0.05) is 0 Å². The average molecular weight is 214 g/mol. The molecule has 0 saturated carbocycles. The summed E-state index contributed by atoms with van der Waals surface area (Å²) in [5.41, 5.74) is 0. The van der Waals surface area contributed by atoms with Gasteiger partial charge in [-0.25, -0.2) is 4.79 Å². The fourth-order valence-corrected chi connectivity index (χ4v) is 1.08. The van der Waals surface area contributed by atoms with Crippen molar-refractivity contribution in [1.29, 1.82) is 0 Å². The van der Waals surface area contributed by atoms with Crippen LogP contribution in [0.2, 0.25) is 0 Å². The highest BCUT2D eigenvalue weighted by Crippen LogP contribution is 2.21. The first-order valence-electron chi connectivity index (χ1n) is 4.49. The Bertz CT molecular complexity index is 330. The van der Waals surface area contributed by atoms with Gasteiger partial charge in [-0.05, 0) is 19.1 Å². The van der Waals surface area contributed by atoms with Crippen LogP contribution in [0.3, 0.4) is 0 Å². The topological polar surface area (TPSA) is 68.9 Å². The molecular formula is C10H14O5. The van der Waals surface area contributed by atoms with Crippen molar-refractivity contribution >= 4 is 5.97 Å². The smallest absolute Gasteiger partial charge is 0.373 e. The molecule has 0 aromatic carbocycles. The van der Waals surface area contributed by atoms with Crippen LogP contribution in [-0.2, 0) is 9.47 Å². The van der Waals surface area contributed by atoms with Gasteiger partial charge >= 0.3 is 5.97 Å². The highest BCUT2D eigenvalue weighted by molar-refractivity contribution is 5.86. The lowest BCUT2D eigenvalue weighted by atomic mass is 10.2. The van der Waals surface area contributed by atoms with Crippen molar-refractivity contribution in [2.75, 3.05) is 14.2 Å². The summed E-state index contributed by atoms with van der Waals surface area (Å²) in [6.07, 6.45) is -1.30. The van der Waals surface area contributed by atoms with Crippen molar-refractivity contribution < 1.29 is 23.8 Å². The van der Waals surface area contributed by atoms with Crippen molar-refractivity contribution in [3.8, 4) is 0 Å². The molecule has 0 radical (unpaired) electrons. The molecule has 2 unspecified atom stereocenters. The quantitative estimate of drug-likeness (QED) is 0.761. The van der Waals surface area contributed by atoms with Crippen LogP contribution in [0.4, 0.5) is 0 Å². The molecular weight excluding hydrogens is 200 g/mol. The second-order valence-electron chi connectivity index (χ2n) is 3.08. The lowest BCUT2D eigenvalue weighted by Crippen LogP contribution is -2.16. The van der Waals surface area contributed by atoms with Crippen molar-refractivity contribution in [2.45, 2.75) is 19.1 Å². The molecule has 0 amide bonds. The maximum Gasteiger partial charge on any atom is 0.373 e. The van der Waals surface area contributed by atoms with Crippen LogP contribution in [-0.4, -0.2) is 31.4 Å². The predicted molar refractivity (Wildman–Crippen MR) is 51.5 cm³/mol. The number of carbonyl (C=O) groups is 1. The number of aliphatic hydroxyl groups is 1. The third-order valence-corrected chi connectivity index (χ3v) is 2.12. The molecule has 2 atom stereocenters. The van der Waals surface area contributed by atoms with Crippen molar-refractivity contribution in [3.05, 3.63) is 23.7 Å². The molecule has 0 bridgehead atoms. The average Bonchev–Trinajstić information content (AvgIpc) is 2.75. The first-order chi connectivity index (χ1) is 7.10. The van der Waals surface area contributed by atoms with Gasteiger partial charge in [-0.3, -0.25) is 0 Å². The van der Waals surface area contributed by atoms with Gasteiger partial charge in [-0.2, -0.15) is 0 Å². The van der Waals surface area contributed by atoms with Crippen LogP contribution in [0.25, 0.3) is 0 Å². The molecule has 0 saturated heterocycles. The van der Waals surface area contributed by atoms with E-state index in [2.05, 4.69) is 4.74 Å². The Morgan fingerprint density at radius 3 is 2.67 bits per heavy atom. The zero-order chi connectivity index (χ0) is 11.4. The van der Waals surface area contributed by atoms with Gasteiger partial charge in [0.1, 0.15) is 11.9 Å². The molecule has 1 aromatic rings. The Labute approximate surface area is 87.6 Å². The Hall–Kier alpha value is -1.33. The number of hydrogen-bond donors (Lipinski definition) is 1. The number of methoxy groups -OCH3 is 2. The van der Waals surface area contributed by atoms with Crippen LogP contribution >= 0.6 is 0 Å². The van der Waals surface area contributed by atoms with E-state index in [9.17, 15) is 9.90 Å². The summed E-state index contributed by atoms with van der Waals surface area (Å²) in [7, 11) is 2.75. The van der Waals surface area contributed by atoms with Crippen LogP contribution in [0.1, 0.15) is 29.3 Å². The zero-order valence-corrected chi connectivity index (χ0v) is 8.89. The van der Waals surface area contributed by atoms with Gasteiger partial charge in [0.2, 0.25) is 5.76 Å². The van der Waals surface area contributed by atoms with Crippen LogP contribution in [0.5, 0.6) is 0 Å². The maximum atomic E-state index is 11.1. The highest BCUT2D eigenvalue weighted by atomic mass is 16.5. The van der Waals surface area contributed by atoms with Gasteiger partial charge in [-0.15, -0.1) is 0 Å². The van der Waals surface area contributed by atoms with E-state index in [1.807, 2.05) is 0 Å². The molecule has 5 nitrogen and oxygen atoms in total. The van der Waals surface area contributed by atoms with Crippen LogP contribution in [0.15, 0.2) is 16.5 Å². The standard InChI is InChI=1S/C10H14O5/c1-6(13-2)9(11)7-4-5-8(15-7)10(12)14-3/h4-6,9,11H,1-3H3. The largest absolute Gasteiger partial charge is 0.463 e. The highest BCUT2D eigenvalue weighted by Gasteiger charge is 2.21. The molecule has 1 rings (SSSR count). The van der Waals surface area contributed by atoms with Gasteiger partial charge in [0, 0.05) is 7.11 Å². The minimum absolute atomic E-state index is 0.0647. The number of hydrogen-bond acceptors (Lipinski definition) is 5. The van der Waals surface area contributed by atoms with Gasteiger partial charge in [0.05, 0.1) is 13.2 Å². The summed E-state index contributed by atoms with van der Waals surface area (Å²) < 4.78 is 14.5. The summed E-state index contributed by atoms with van der Waals surface area (Å²) in [6, 6.07) is 2.97. The van der Waals surface area contributed by atoms with Crippen molar-refractivity contribution in [1.82, 2.24) is 0 Å². The molecule has 1 heterocycles. The van der Waals surface area contributed by atoms with Crippen LogP contribution in [0, 0.1) is 0 Å². The van der Waals surface area contributed by atoms with Crippen LogP contribution < -0.4 is 0 Å². The summed E-state index contributed by atoms with van der Waals surface area (Å²) in [6.45, 7) is 1.70. The Balaban J connectivity index is 2.79. The normalized spacial score (nSPS) is 14.7. The molecule has 1 N–H and O–H groups in total. The Morgan fingerprint density at radius 2 is 2.13 bits per heavy atom. The number of furan rings is 1. The first kappa shape index (κ1) is 11.7. The third kappa shape index (κ3) is 2.57. The fourth-order valence-electron chi connectivity index (χ4n) is 1.08. The summed E-state index contributed by atoms with van der Waals surface area (Å²) >= 11 is 0. The monoisotopic (exact) mass is 214 g/mol. The van der Waals surface area contributed by atoms with E-state index in [4.69, 9.17) is 9.15 Å². The van der Waals surface area contributed by atoms with E-state index in [0.717, 1.165) is 0 Å². The molecule has 0 fully saturated rings. The number of aliphatic hydroxyl groups excluding tert-OH is 1. The van der Waals surface area contributed by atoms with E-state index in [1.54, 1.807) is 6.92 Å². The number of ether oxygens (including phenoxy) is 2. The van der Waals surface area contributed by atoms with E-state index in [1.165, 1.54) is 26.4 Å². The lowest BCUT2D eigenvalue weighted by molar-refractivity contribution is -0.0129. The summed E-state index contributed by atoms with van der Waals surface area (Å²) in [5.74, 6) is -0.224. The van der Waals surface area contributed by atoms with Gasteiger partial charge < -0.3 is 19.0 Å². The number of carbonyl (C=O) groups excluding carboxylic acids is 1. The molecule has 0 aliphatic carbocycles. The van der Waals surface area contributed by atoms with Crippen molar-refractivity contribution in [2.24, 2.45) is 0 Å². The van der Waals surface area contributed by atoms with Crippen molar-refractivity contribution in [3.63, 3.8) is 0 Å². The Morgan fingerprint density at radius 1 is 1.47 bits per heavy atom. The lowest BCUT2D eigenvalue weighted by Gasteiger charge is -2.14. The second kappa shape index (κ2) is 4.95. The van der Waals surface area contributed by atoms with Gasteiger partial charge in [0.15, 0.2) is 0 Å². The second-order valence-corrected chi connectivity index (χ2v) is 3.08. The third-order valence-electron chi connectivity index (χ3n) is 2.12.